The van der Waals surface area contributed by atoms with Crippen LogP contribution in [0, 0.1) is 0 Å². The van der Waals surface area contributed by atoms with E-state index in [9.17, 15) is 0 Å². The first kappa shape index (κ1) is 38.5. The number of nitrogens with zero attached hydrogens (tertiary/aromatic N) is 1. The van der Waals surface area contributed by atoms with Crippen molar-refractivity contribution in [3.63, 3.8) is 0 Å². The molecule has 0 saturated heterocycles. The van der Waals surface area contributed by atoms with Crippen LogP contribution in [-0.2, 0) is 16.2 Å². The molecule has 0 spiro atoms. The third kappa shape index (κ3) is 5.32. The Morgan fingerprint density at radius 3 is 1.63 bits per heavy atom. The van der Waals surface area contributed by atoms with Gasteiger partial charge in [0.05, 0.1) is 0 Å². The lowest BCUT2D eigenvalue weighted by atomic mass is 9.76. The molecule has 0 fully saturated rings. The second kappa shape index (κ2) is 13.5. The molecule has 1 nitrogen and oxygen atoms in total. The minimum absolute atomic E-state index is 0.118. The maximum atomic E-state index is 2.57. The zero-order chi connectivity index (χ0) is 44.0. The van der Waals surface area contributed by atoms with Crippen LogP contribution in [0.25, 0.3) is 75.8 Å². The summed E-state index contributed by atoms with van der Waals surface area (Å²) in [7, 11) is 0. The van der Waals surface area contributed by atoms with Crippen LogP contribution in [0.4, 0.5) is 17.1 Å². The van der Waals surface area contributed by atoms with Gasteiger partial charge in [-0.25, -0.2) is 0 Å². The first-order valence-corrected chi connectivity index (χ1v) is 23.9. The number of hydrogen-bond acceptors (Lipinski definition) is 2. The van der Waals surface area contributed by atoms with Gasteiger partial charge in [0.25, 0.3) is 0 Å². The number of rotatable bonds is 5. The summed E-state index contributed by atoms with van der Waals surface area (Å²) < 4.78 is 2.67. The highest BCUT2D eigenvalue weighted by Gasteiger charge is 2.45. The predicted octanol–water partition coefficient (Wildman–Crippen LogP) is 17.8. The molecule has 0 N–H and O–H groups in total. The van der Waals surface area contributed by atoms with Crippen LogP contribution < -0.4 is 4.90 Å². The van der Waals surface area contributed by atoms with Gasteiger partial charge in [-0.1, -0.05) is 187 Å². The van der Waals surface area contributed by atoms with E-state index in [1.807, 2.05) is 11.3 Å². The molecule has 0 unspecified atom stereocenters. The molecule has 65 heavy (non-hydrogen) atoms. The number of anilines is 3. The Morgan fingerprint density at radius 2 is 0.862 bits per heavy atom. The first-order valence-electron chi connectivity index (χ1n) is 23.1. The van der Waals surface area contributed by atoms with E-state index in [1.54, 1.807) is 0 Å². The molecule has 2 heteroatoms. The quantitative estimate of drug-likeness (QED) is 0.167. The average Bonchev–Trinajstić information content (AvgIpc) is 3.97. The van der Waals surface area contributed by atoms with Gasteiger partial charge in [-0.3, -0.25) is 0 Å². The lowest BCUT2D eigenvalue weighted by Crippen LogP contribution is -2.19. The molecule has 0 saturated carbocycles. The van der Waals surface area contributed by atoms with Crippen molar-refractivity contribution in [2.24, 2.45) is 0 Å². The zero-order valence-electron chi connectivity index (χ0n) is 37.8. The van der Waals surface area contributed by atoms with Crippen molar-refractivity contribution in [3.05, 3.63) is 221 Å². The van der Waals surface area contributed by atoms with Crippen LogP contribution in [0.15, 0.2) is 188 Å². The standard InChI is InChI=1S/C63H49NS/c1-61(2)50-24-13-10-19-44(50)45-33-31-42(36-53(45)61)64(40-29-27-38(28-30-40)43-22-16-23-47-46-20-12-15-26-56(46)65-60(43)47)41-32-34-52-49(35-41)59-55(63(52,5)6)37-54-58(57(59)39-17-8-7-9-18-39)48-21-11-14-25-51(48)62(54,3)4/h7-37H,1-6H3. The fourth-order valence-corrected chi connectivity index (χ4v) is 13.4. The molecular formula is C63H49NS. The van der Waals surface area contributed by atoms with Gasteiger partial charge in [-0.2, -0.15) is 0 Å². The highest BCUT2D eigenvalue weighted by atomic mass is 32.1. The van der Waals surface area contributed by atoms with Crippen LogP contribution in [-0.4, -0.2) is 0 Å². The SMILES string of the molecule is CC1(C)c2ccccc2-c2ccc(N(c3ccc(-c4cccc5c4sc4ccccc45)cc3)c3ccc4c(c3)-c3c(cc5c(c3-c3ccccc3)-c3ccccc3C5(C)C)C4(C)C)cc21. The van der Waals surface area contributed by atoms with E-state index in [1.165, 1.54) is 109 Å². The summed E-state index contributed by atoms with van der Waals surface area (Å²) in [5.74, 6) is 0. The van der Waals surface area contributed by atoms with Crippen LogP contribution in [0.3, 0.4) is 0 Å². The van der Waals surface area contributed by atoms with Gasteiger partial charge in [0.2, 0.25) is 0 Å². The molecule has 0 aliphatic heterocycles. The molecule has 0 bridgehead atoms. The molecule has 13 rings (SSSR count). The molecule has 0 amide bonds. The third-order valence-corrected chi connectivity index (χ3v) is 16.7. The van der Waals surface area contributed by atoms with Crippen LogP contribution in [0.5, 0.6) is 0 Å². The van der Waals surface area contributed by atoms with Gasteiger partial charge in [0.15, 0.2) is 0 Å². The van der Waals surface area contributed by atoms with Crippen molar-refractivity contribution in [2.45, 2.75) is 57.8 Å². The van der Waals surface area contributed by atoms with Crippen LogP contribution in [0.1, 0.15) is 74.9 Å². The van der Waals surface area contributed by atoms with E-state index in [-0.39, 0.29) is 16.2 Å². The number of fused-ring (bicyclic) bond motifs is 12. The van der Waals surface area contributed by atoms with Gasteiger partial charge < -0.3 is 4.90 Å². The predicted molar refractivity (Wildman–Crippen MR) is 278 cm³/mol. The molecule has 0 atom stereocenters. The Hall–Kier alpha value is -7.00. The van der Waals surface area contributed by atoms with E-state index < -0.39 is 0 Å². The first-order chi connectivity index (χ1) is 31.5. The number of hydrogen-bond donors (Lipinski definition) is 0. The largest absolute Gasteiger partial charge is 0.310 e. The van der Waals surface area contributed by atoms with Gasteiger partial charge >= 0.3 is 0 Å². The van der Waals surface area contributed by atoms with Crippen molar-refractivity contribution in [2.75, 3.05) is 4.90 Å². The summed E-state index contributed by atoms with van der Waals surface area (Å²) in [5, 5.41) is 2.65. The summed E-state index contributed by atoms with van der Waals surface area (Å²) in [4.78, 5) is 2.50. The van der Waals surface area contributed by atoms with Crippen LogP contribution >= 0.6 is 11.3 Å². The van der Waals surface area contributed by atoms with Crippen molar-refractivity contribution in [1.82, 2.24) is 0 Å². The minimum atomic E-state index is -0.198. The van der Waals surface area contributed by atoms with Crippen molar-refractivity contribution in [1.29, 1.82) is 0 Å². The monoisotopic (exact) mass is 851 g/mol. The third-order valence-electron chi connectivity index (χ3n) is 15.5. The Labute approximate surface area is 386 Å². The molecular weight excluding hydrogens is 803 g/mol. The van der Waals surface area contributed by atoms with Crippen molar-refractivity contribution in [3.8, 4) is 55.6 Å². The van der Waals surface area contributed by atoms with E-state index in [2.05, 4.69) is 234 Å². The van der Waals surface area contributed by atoms with E-state index in [0.717, 1.165) is 17.1 Å². The Balaban J connectivity index is 1.03. The second-order valence-electron chi connectivity index (χ2n) is 20.1. The van der Waals surface area contributed by atoms with Gasteiger partial charge in [0.1, 0.15) is 0 Å². The summed E-state index contributed by atoms with van der Waals surface area (Å²) >= 11 is 1.89. The lowest BCUT2D eigenvalue weighted by molar-refractivity contribution is 0.639. The summed E-state index contributed by atoms with van der Waals surface area (Å²) in [6.07, 6.45) is 0. The topological polar surface area (TPSA) is 3.24 Å². The summed E-state index contributed by atoms with van der Waals surface area (Å²) in [6, 6.07) is 71.2. The van der Waals surface area contributed by atoms with E-state index in [0.29, 0.717) is 0 Å². The molecule has 0 radical (unpaired) electrons. The highest BCUT2D eigenvalue weighted by molar-refractivity contribution is 7.26. The minimum Gasteiger partial charge on any atom is -0.310 e. The molecule has 312 valence electrons. The molecule has 9 aromatic carbocycles. The van der Waals surface area contributed by atoms with Crippen molar-refractivity contribution < 1.29 is 0 Å². The molecule has 3 aliphatic rings. The lowest BCUT2D eigenvalue weighted by Gasteiger charge is -2.29. The number of benzene rings is 9. The molecule has 3 aliphatic carbocycles. The fraction of sp³-hybridized carbons (Fsp3) is 0.143. The zero-order valence-corrected chi connectivity index (χ0v) is 38.6. The summed E-state index contributed by atoms with van der Waals surface area (Å²) in [5.41, 5.74) is 24.6. The van der Waals surface area contributed by atoms with Gasteiger partial charge in [-0.15, -0.1) is 11.3 Å². The van der Waals surface area contributed by atoms with Crippen molar-refractivity contribution >= 4 is 48.6 Å². The number of thiophene rings is 1. The van der Waals surface area contributed by atoms with Gasteiger partial charge in [0, 0.05) is 53.5 Å². The van der Waals surface area contributed by atoms with E-state index >= 15 is 0 Å². The normalized spacial score (nSPS) is 15.3. The molecule has 1 aromatic heterocycles. The smallest absolute Gasteiger partial charge is 0.0468 e. The fourth-order valence-electron chi connectivity index (χ4n) is 12.1. The van der Waals surface area contributed by atoms with Crippen LogP contribution in [0.2, 0.25) is 0 Å². The average molecular weight is 852 g/mol. The van der Waals surface area contributed by atoms with Gasteiger partial charge in [-0.05, 0) is 131 Å². The van der Waals surface area contributed by atoms with E-state index in [4.69, 9.17) is 0 Å². The maximum Gasteiger partial charge on any atom is 0.0468 e. The molecule has 1 heterocycles. The second-order valence-corrected chi connectivity index (χ2v) is 21.1. The Kier molecular flexibility index (Phi) is 8.00. The highest BCUT2D eigenvalue weighted by Crippen LogP contribution is 2.61. The Morgan fingerprint density at radius 1 is 0.323 bits per heavy atom. The Bertz CT molecular complexity index is 3620. The molecule has 10 aromatic rings. The maximum absolute atomic E-state index is 2.57. The summed E-state index contributed by atoms with van der Waals surface area (Å²) in [6.45, 7) is 14.4.